The summed E-state index contributed by atoms with van der Waals surface area (Å²) in [5.41, 5.74) is 0.845. The van der Waals surface area contributed by atoms with Crippen LogP contribution in [0.25, 0.3) is 0 Å². The number of aldehydes is 2. The van der Waals surface area contributed by atoms with E-state index in [0.29, 0.717) is 58.8 Å². The summed E-state index contributed by atoms with van der Waals surface area (Å²) in [7, 11) is 6.11. The molecule has 0 atom stereocenters. The second kappa shape index (κ2) is 14.7. The summed E-state index contributed by atoms with van der Waals surface area (Å²) in [5.74, 6) is 3.08. The molecule has 34 heavy (non-hydrogen) atoms. The summed E-state index contributed by atoms with van der Waals surface area (Å²) >= 11 is 0. The first kappa shape index (κ1) is 26.8. The summed E-state index contributed by atoms with van der Waals surface area (Å²) in [4.78, 5) is 22.3. The highest BCUT2D eigenvalue weighted by molar-refractivity contribution is 5.82. The van der Waals surface area contributed by atoms with E-state index in [0.717, 1.165) is 51.1 Å². The van der Waals surface area contributed by atoms with Gasteiger partial charge in [0.05, 0.1) is 52.8 Å². The molecule has 0 amide bonds. The Morgan fingerprint density at radius 1 is 0.500 bits per heavy atom. The van der Waals surface area contributed by atoms with Crippen molar-refractivity contribution < 1.29 is 38.0 Å². The first-order chi connectivity index (χ1) is 16.6. The molecule has 0 heterocycles. The van der Waals surface area contributed by atoms with Crippen molar-refractivity contribution in [2.24, 2.45) is 0 Å². The number of hydrogen-bond acceptors (Lipinski definition) is 8. The molecule has 0 saturated heterocycles. The Morgan fingerprint density at radius 2 is 0.853 bits per heavy atom. The van der Waals surface area contributed by atoms with E-state index in [9.17, 15) is 9.59 Å². The van der Waals surface area contributed by atoms with Crippen molar-refractivity contribution in [2.75, 3.05) is 41.7 Å². The molecule has 0 radical (unpaired) electrons. The van der Waals surface area contributed by atoms with Crippen LogP contribution in [0, 0.1) is 0 Å². The highest BCUT2D eigenvalue weighted by atomic mass is 16.5. The first-order valence-corrected chi connectivity index (χ1v) is 11.3. The van der Waals surface area contributed by atoms with Gasteiger partial charge < -0.3 is 28.4 Å². The van der Waals surface area contributed by atoms with Gasteiger partial charge in [-0.1, -0.05) is 25.7 Å². The Hall–Kier alpha value is -3.42. The molecule has 2 rings (SSSR count). The highest BCUT2D eigenvalue weighted by Gasteiger charge is 2.13. The fourth-order valence-electron chi connectivity index (χ4n) is 3.47. The van der Waals surface area contributed by atoms with Crippen molar-refractivity contribution in [3.63, 3.8) is 0 Å². The summed E-state index contributed by atoms with van der Waals surface area (Å²) in [6.45, 7) is 1.11. The number of hydrogen-bond donors (Lipinski definition) is 0. The fraction of sp³-hybridized carbons (Fsp3) is 0.462. The molecule has 0 aliphatic carbocycles. The average molecular weight is 475 g/mol. The maximum atomic E-state index is 11.1. The Morgan fingerprint density at radius 3 is 1.18 bits per heavy atom. The monoisotopic (exact) mass is 474 g/mol. The molecule has 186 valence electrons. The highest BCUT2D eigenvalue weighted by Crippen LogP contribution is 2.35. The predicted octanol–water partition coefficient (Wildman–Crippen LogP) is 5.14. The largest absolute Gasteiger partial charge is 0.496 e. The van der Waals surface area contributed by atoms with Gasteiger partial charge in [-0.15, -0.1) is 0 Å². The number of benzene rings is 2. The normalized spacial score (nSPS) is 10.4. The van der Waals surface area contributed by atoms with Crippen LogP contribution in [0.1, 0.15) is 59.2 Å². The van der Waals surface area contributed by atoms with Gasteiger partial charge in [0.15, 0.2) is 35.6 Å². The summed E-state index contributed by atoms with van der Waals surface area (Å²) in [6, 6.07) is 6.59. The zero-order valence-corrected chi connectivity index (χ0v) is 20.4. The van der Waals surface area contributed by atoms with Gasteiger partial charge in [-0.05, 0) is 25.0 Å². The van der Waals surface area contributed by atoms with Crippen LogP contribution < -0.4 is 28.4 Å². The molecule has 0 saturated carbocycles. The zero-order chi connectivity index (χ0) is 24.8. The van der Waals surface area contributed by atoms with E-state index in [4.69, 9.17) is 28.4 Å². The van der Waals surface area contributed by atoms with Gasteiger partial charge in [0.1, 0.15) is 11.5 Å². The van der Waals surface area contributed by atoms with Gasteiger partial charge in [0.25, 0.3) is 0 Å². The lowest BCUT2D eigenvalue weighted by Gasteiger charge is -2.14. The topological polar surface area (TPSA) is 89.5 Å². The van der Waals surface area contributed by atoms with Crippen LogP contribution in [0.2, 0.25) is 0 Å². The van der Waals surface area contributed by atoms with Crippen LogP contribution >= 0.6 is 0 Å². The maximum Gasteiger partial charge on any atom is 0.164 e. The molecule has 2 aromatic carbocycles. The molecular weight excluding hydrogens is 440 g/mol. The van der Waals surface area contributed by atoms with Crippen LogP contribution in [-0.2, 0) is 0 Å². The third-order valence-electron chi connectivity index (χ3n) is 5.34. The molecule has 0 spiro atoms. The van der Waals surface area contributed by atoms with Crippen molar-refractivity contribution >= 4 is 12.6 Å². The third kappa shape index (κ3) is 7.57. The van der Waals surface area contributed by atoms with Crippen molar-refractivity contribution in [1.82, 2.24) is 0 Å². The van der Waals surface area contributed by atoms with E-state index in [2.05, 4.69) is 0 Å². The molecule has 0 aliphatic heterocycles. The number of methoxy groups -OCH3 is 4. The van der Waals surface area contributed by atoms with Gasteiger partial charge >= 0.3 is 0 Å². The zero-order valence-electron chi connectivity index (χ0n) is 20.4. The quantitative estimate of drug-likeness (QED) is 0.230. The SMILES string of the molecule is COc1cc(OCCCCCCCCOc2cc(OC)c(C=O)cc2OC)c(OC)cc1C=O. The minimum atomic E-state index is 0.422. The van der Waals surface area contributed by atoms with Crippen molar-refractivity contribution in [3.8, 4) is 34.5 Å². The summed E-state index contributed by atoms with van der Waals surface area (Å²) < 4.78 is 32.7. The van der Waals surface area contributed by atoms with Gasteiger partial charge in [0, 0.05) is 12.1 Å². The molecule has 8 nitrogen and oxygen atoms in total. The lowest BCUT2D eigenvalue weighted by atomic mass is 10.1. The molecule has 0 N–H and O–H groups in total. The Labute approximate surface area is 201 Å². The van der Waals surface area contributed by atoms with E-state index in [1.807, 2.05) is 0 Å². The lowest BCUT2D eigenvalue weighted by Crippen LogP contribution is -2.02. The van der Waals surface area contributed by atoms with Crippen LogP contribution in [0.5, 0.6) is 34.5 Å². The Kier molecular flexibility index (Phi) is 11.6. The third-order valence-corrected chi connectivity index (χ3v) is 5.34. The van der Waals surface area contributed by atoms with Crippen LogP contribution in [-0.4, -0.2) is 54.2 Å². The van der Waals surface area contributed by atoms with E-state index < -0.39 is 0 Å². The van der Waals surface area contributed by atoms with Crippen LogP contribution in [0.4, 0.5) is 0 Å². The molecule has 0 aliphatic rings. The van der Waals surface area contributed by atoms with Gasteiger partial charge in [-0.2, -0.15) is 0 Å². The second-order valence-corrected chi connectivity index (χ2v) is 7.54. The number of carbonyl (C=O) groups excluding carboxylic acids is 2. The van der Waals surface area contributed by atoms with Gasteiger partial charge in [-0.25, -0.2) is 0 Å². The molecule has 0 bridgehead atoms. The standard InChI is InChI=1S/C26H34O8/c1-29-21-15-25(23(31-3)13-19(21)17-27)33-11-9-7-5-6-8-10-12-34-26-16-22(30-2)20(18-28)14-24(26)32-4/h13-18H,5-12H2,1-4H3. The smallest absolute Gasteiger partial charge is 0.164 e. The summed E-state index contributed by atoms with van der Waals surface area (Å²) in [5, 5.41) is 0. The van der Waals surface area contributed by atoms with Gasteiger partial charge in [0.2, 0.25) is 0 Å². The van der Waals surface area contributed by atoms with Crippen LogP contribution in [0.15, 0.2) is 24.3 Å². The van der Waals surface area contributed by atoms with Crippen molar-refractivity contribution in [2.45, 2.75) is 38.5 Å². The average Bonchev–Trinajstić information content (AvgIpc) is 2.88. The van der Waals surface area contributed by atoms with E-state index in [1.54, 1.807) is 38.5 Å². The Bertz CT molecular complexity index is 850. The molecule has 0 unspecified atom stereocenters. The minimum absolute atomic E-state index is 0.422. The number of unbranched alkanes of at least 4 members (excludes halogenated alkanes) is 5. The van der Waals surface area contributed by atoms with Crippen molar-refractivity contribution in [3.05, 3.63) is 35.4 Å². The molecule has 0 fully saturated rings. The minimum Gasteiger partial charge on any atom is -0.496 e. The molecule has 0 aromatic heterocycles. The van der Waals surface area contributed by atoms with Crippen LogP contribution in [0.3, 0.4) is 0 Å². The van der Waals surface area contributed by atoms with E-state index >= 15 is 0 Å². The fourth-order valence-corrected chi connectivity index (χ4v) is 3.47. The lowest BCUT2D eigenvalue weighted by molar-refractivity contribution is 0.111. The number of rotatable bonds is 17. The molecular formula is C26H34O8. The number of ether oxygens (including phenoxy) is 6. The molecule has 8 heteroatoms. The summed E-state index contributed by atoms with van der Waals surface area (Å²) in [6.07, 6.45) is 7.57. The maximum absolute atomic E-state index is 11.1. The van der Waals surface area contributed by atoms with E-state index in [1.165, 1.54) is 14.2 Å². The predicted molar refractivity (Wildman–Crippen MR) is 129 cm³/mol. The van der Waals surface area contributed by atoms with E-state index in [-0.39, 0.29) is 0 Å². The first-order valence-electron chi connectivity index (χ1n) is 11.3. The van der Waals surface area contributed by atoms with Crippen molar-refractivity contribution in [1.29, 1.82) is 0 Å². The molecule has 2 aromatic rings. The Balaban J connectivity index is 1.65. The second-order valence-electron chi connectivity index (χ2n) is 7.54. The van der Waals surface area contributed by atoms with Gasteiger partial charge in [-0.3, -0.25) is 9.59 Å². The number of carbonyl (C=O) groups is 2.